The number of amides is 1. The second-order valence-electron chi connectivity index (χ2n) is 5.42. The van der Waals surface area contributed by atoms with Gasteiger partial charge in [0, 0.05) is 11.3 Å². The molecule has 7 heteroatoms. The molecule has 0 fully saturated rings. The Kier molecular flexibility index (Phi) is 6.84. The fourth-order valence-corrected chi connectivity index (χ4v) is 2.34. The molecule has 2 rings (SSSR count). The molecular weight excluding hydrogens is 334 g/mol. The van der Waals surface area contributed by atoms with E-state index in [1.165, 1.54) is 27.5 Å². The smallest absolute Gasteiger partial charge is 0.259 e. The number of aryl methyl sites for hydroxylation is 1. The van der Waals surface area contributed by atoms with Gasteiger partial charge in [0.2, 0.25) is 5.75 Å². The first kappa shape index (κ1) is 19.1. The zero-order valence-corrected chi connectivity index (χ0v) is 15.3. The molecule has 2 aromatic rings. The van der Waals surface area contributed by atoms with Crippen molar-refractivity contribution in [3.63, 3.8) is 0 Å². The van der Waals surface area contributed by atoms with E-state index in [1.807, 2.05) is 31.2 Å². The van der Waals surface area contributed by atoms with E-state index >= 15 is 0 Å². The summed E-state index contributed by atoms with van der Waals surface area (Å²) in [6.07, 6.45) is 1.51. The highest BCUT2D eigenvalue weighted by Crippen LogP contribution is 2.37. The van der Waals surface area contributed by atoms with E-state index < -0.39 is 0 Å². The van der Waals surface area contributed by atoms with Crippen LogP contribution in [0, 0.1) is 6.92 Å². The lowest BCUT2D eigenvalue weighted by Crippen LogP contribution is -2.26. The number of hydrazone groups is 1. The molecule has 0 aliphatic rings. The van der Waals surface area contributed by atoms with Gasteiger partial charge in [-0.15, -0.1) is 0 Å². The molecule has 0 saturated heterocycles. The summed E-state index contributed by atoms with van der Waals surface area (Å²) in [6.45, 7) is 2.10. The van der Waals surface area contributed by atoms with E-state index in [0.717, 1.165) is 11.3 Å². The van der Waals surface area contributed by atoms with Crippen LogP contribution in [0.1, 0.15) is 11.1 Å². The molecule has 0 spiro atoms. The van der Waals surface area contributed by atoms with E-state index in [0.29, 0.717) is 22.8 Å². The van der Waals surface area contributed by atoms with E-state index in [-0.39, 0.29) is 12.5 Å². The molecule has 0 heterocycles. The van der Waals surface area contributed by atoms with E-state index in [2.05, 4.69) is 15.8 Å². The average Bonchev–Trinajstić information content (AvgIpc) is 2.66. The maximum atomic E-state index is 11.9. The summed E-state index contributed by atoms with van der Waals surface area (Å²) in [6, 6.07) is 11.2. The predicted molar refractivity (Wildman–Crippen MR) is 102 cm³/mol. The minimum atomic E-state index is -0.253. The van der Waals surface area contributed by atoms with Gasteiger partial charge in [0.05, 0.1) is 34.1 Å². The van der Waals surface area contributed by atoms with Crippen molar-refractivity contribution in [2.45, 2.75) is 6.92 Å². The van der Waals surface area contributed by atoms with Gasteiger partial charge in [-0.2, -0.15) is 5.10 Å². The molecule has 0 atom stereocenters. The molecule has 0 aliphatic carbocycles. The minimum Gasteiger partial charge on any atom is -0.493 e. The normalized spacial score (nSPS) is 10.5. The van der Waals surface area contributed by atoms with Crippen molar-refractivity contribution in [3.8, 4) is 17.2 Å². The van der Waals surface area contributed by atoms with Crippen molar-refractivity contribution >= 4 is 17.8 Å². The molecule has 0 bridgehead atoms. The number of anilines is 1. The third-order valence-corrected chi connectivity index (χ3v) is 3.67. The SMILES string of the molecule is COc1cc(C=NNC(=O)CNc2ccccc2C)cc(OC)c1OC. The highest BCUT2D eigenvalue weighted by atomic mass is 16.5. The first-order chi connectivity index (χ1) is 12.6. The molecule has 0 aromatic heterocycles. The number of nitrogens with one attached hydrogen (secondary N) is 2. The molecule has 2 aromatic carbocycles. The largest absolute Gasteiger partial charge is 0.493 e. The Labute approximate surface area is 153 Å². The van der Waals surface area contributed by atoms with Gasteiger partial charge >= 0.3 is 0 Å². The number of methoxy groups -OCH3 is 3. The van der Waals surface area contributed by atoms with Gasteiger partial charge in [-0.05, 0) is 30.7 Å². The maximum absolute atomic E-state index is 11.9. The number of nitrogens with zero attached hydrogens (tertiary/aromatic N) is 1. The first-order valence-electron chi connectivity index (χ1n) is 8.00. The summed E-state index contributed by atoms with van der Waals surface area (Å²) in [4.78, 5) is 11.9. The first-order valence-corrected chi connectivity index (χ1v) is 8.00. The van der Waals surface area contributed by atoms with Crippen LogP contribution in [0.25, 0.3) is 0 Å². The van der Waals surface area contributed by atoms with Crippen LogP contribution in [0.3, 0.4) is 0 Å². The predicted octanol–water partition coefficient (Wildman–Crippen LogP) is 2.58. The zero-order chi connectivity index (χ0) is 18.9. The third kappa shape index (κ3) is 4.89. The van der Waals surface area contributed by atoms with E-state index in [4.69, 9.17) is 14.2 Å². The molecule has 0 aliphatic heterocycles. The Morgan fingerprint density at radius 3 is 2.31 bits per heavy atom. The van der Waals surface area contributed by atoms with Crippen LogP contribution >= 0.6 is 0 Å². The lowest BCUT2D eigenvalue weighted by atomic mass is 10.2. The number of hydrogen-bond donors (Lipinski definition) is 2. The summed E-state index contributed by atoms with van der Waals surface area (Å²) < 4.78 is 15.8. The lowest BCUT2D eigenvalue weighted by molar-refractivity contribution is -0.119. The van der Waals surface area contributed by atoms with Gasteiger partial charge in [-0.1, -0.05) is 18.2 Å². The number of para-hydroxylation sites is 1. The summed E-state index contributed by atoms with van der Waals surface area (Å²) in [5, 5.41) is 7.04. The quantitative estimate of drug-likeness (QED) is 0.561. The van der Waals surface area contributed by atoms with Gasteiger partial charge < -0.3 is 19.5 Å². The van der Waals surface area contributed by atoms with Crippen molar-refractivity contribution in [1.29, 1.82) is 0 Å². The number of hydrogen-bond acceptors (Lipinski definition) is 6. The van der Waals surface area contributed by atoms with Crippen LogP contribution in [0.2, 0.25) is 0 Å². The fraction of sp³-hybridized carbons (Fsp3) is 0.263. The van der Waals surface area contributed by atoms with Crippen molar-refractivity contribution in [2.75, 3.05) is 33.2 Å². The van der Waals surface area contributed by atoms with Crippen LogP contribution in [0.4, 0.5) is 5.69 Å². The summed E-state index contributed by atoms with van der Waals surface area (Å²) in [5.74, 6) is 1.28. The second kappa shape index (κ2) is 9.31. The Morgan fingerprint density at radius 2 is 1.73 bits per heavy atom. The summed E-state index contributed by atoms with van der Waals surface area (Å²) in [5.41, 5.74) is 5.16. The number of benzene rings is 2. The average molecular weight is 357 g/mol. The monoisotopic (exact) mass is 357 g/mol. The second-order valence-corrected chi connectivity index (χ2v) is 5.42. The highest BCUT2D eigenvalue weighted by molar-refractivity contribution is 5.85. The van der Waals surface area contributed by atoms with Gasteiger partial charge in [0.1, 0.15) is 0 Å². The Bertz CT molecular complexity index is 765. The minimum absolute atomic E-state index is 0.122. The number of ether oxygens (including phenoxy) is 3. The van der Waals surface area contributed by atoms with E-state index in [9.17, 15) is 4.79 Å². The van der Waals surface area contributed by atoms with Gasteiger partial charge in [0.25, 0.3) is 5.91 Å². The van der Waals surface area contributed by atoms with Gasteiger partial charge in [-0.3, -0.25) is 4.79 Å². The fourth-order valence-electron chi connectivity index (χ4n) is 2.34. The molecule has 2 N–H and O–H groups in total. The van der Waals surface area contributed by atoms with Crippen molar-refractivity contribution < 1.29 is 19.0 Å². The van der Waals surface area contributed by atoms with Crippen LogP contribution in [-0.2, 0) is 4.79 Å². The third-order valence-electron chi connectivity index (χ3n) is 3.67. The van der Waals surface area contributed by atoms with Crippen LogP contribution in [-0.4, -0.2) is 40.0 Å². The maximum Gasteiger partial charge on any atom is 0.259 e. The van der Waals surface area contributed by atoms with Crippen LogP contribution < -0.4 is 25.0 Å². The Hall–Kier alpha value is -3.22. The van der Waals surface area contributed by atoms with Crippen LogP contribution in [0.5, 0.6) is 17.2 Å². The standard InChI is InChI=1S/C19H23N3O4/c1-13-7-5-6-8-15(13)20-12-18(23)22-21-11-14-9-16(24-2)19(26-4)17(10-14)25-3/h5-11,20H,12H2,1-4H3,(H,22,23). The molecule has 1 amide bonds. The highest BCUT2D eigenvalue weighted by Gasteiger charge is 2.12. The lowest BCUT2D eigenvalue weighted by Gasteiger charge is -2.12. The topological polar surface area (TPSA) is 81.2 Å². The molecule has 7 nitrogen and oxygen atoms in total. The van der Waals surface area contributed by atoms with Crippen LogP contribution in [0.15, 0.2) is 41.5 Å². The zero-order valence-electron chi connectivity index (χ0n) is 15.3. The number of carbonyl (C=O) groups is 1. The molecular formula is C19H23N3O4. The van der Waals surface area contributed by atoms with Crippen molar-refractivity contribution in [1.82, 2.24) is 5.43 Å². The van der Waals surface area contributed by atoms with Crippen molar-refractivity contribution in [3.05, 3.63) is 47.5 Å². The molecule has 138 valence electrons. The number of carbonyl (C=O) groups excluding carboxylic acids is 1. The molecule has 26 heavy (non-hydrogen) atoms. The van der Waals surface area contributed by atoms with Gasteiger partial charge in [-0.25, -0.2) is 5.43 Å². The number of rotatable bonds is 8. The Morgan fingerprint density at radius 1 is 1.08 bits per heavy atom. The molecule has 0 radical (unpaired) electrons. The summed E-state index contributed by atoms with van der Waals surface area (Å²) in [7, 11) is 4.62. The van der Waals surface area contributed by atoms with E-state index in [1.54, 1.807) is 12.1 Å². The molecule has 0 unspecified atom stereocenters. The van der Waals surface area contributed by atoms with Gasteiger partial charge in [0.15, 0.2) is 11.5 Å². The molecule has 0 saturated carbocycles. The Balaban J connectivity index is 1.97. The summed E-state index contributed by atoms with van der Waals surface area (Å²) >= 11 is 0. The van der Waals surface area contributed by atoms with Crippen molar-refractivity contribution in [2.24, 2.45) is 5.10 Å².